The van der Waals surface area contributed by atoms with Crippen LogP contribution in [-0.2, 0) is 0 Å². The lowest BCUT2D eigenvalue weighted by Crippen LogP contribution is -1.60. The van der Waals surface area contributed by atoms with Crippen molar-refractivity contribution in [1.29, 1.82) is 0 Å². The molecule has 0 aromatic heterocycles. The third-order valence-electron chi connectivity index (χ3n) is 0.754. The van der Waals surface area contributed by atoms with Gasteiger partial charge in [-0.25, -0.2) is 0 Å². The molecule has 0 rings (SSSR count). The molecule has 0 aliphatic carbocycles. The molecule has 0 atom stereocenters. The molecule has 0 bridgehead atoms. The molecular formula is C7H11Br. The van der Waals surface area contributed by atoms with Crippen molar-refractivity contribution in [3.05, 3.63) is 23.2 Å². The van der Waals surface area contributed by atoms with Crippen LogP contribution in [0.15, 0.2) is 23.2 Å². The molecule has 0 amide bonds. The molecule has 0 saturated carbocycles. The summed E-state index contributed by atoms with van der Waals surface area (Å²) in [6, 6.07) is 0. The van der Waals surface area contributed by atoms with Crippen molar-refractivity contribution in [2.45, 2.75) is 19.8 Å². The summed E-state index contributed by atoms with van der Waals surface area (Å²) in [5, 5.41) is 0. The summed E-state index contributed by atoms with van der Waals surface area (Å²) >= 11 is 3.22. The van der Waals surface area contributed by atoms with Crippen LogP contribution in [0, 0.1) is 0 Å². The minimum absolute atomic E-state index is 0.950. The van der Waals surface area contributed by atoms with Gasteiger partial charge < -0.3 is 0 Å². The van der Waals surface area contributed by atoms with Gasteiger partial charge >= 0.3 is 0 Å². The van der Waals surface area contributed by atoms with Crippen LogP contribution in [0.5, 0.6) is 0 Å². The zero-order chi connectivity index (χ0) is 6.41. The molecule has 1 heteroatoms. The largest absolute Gasteiger partial charge is 0.0848 e. The zero-order valence-electron chi connectivity index (χ0n) is 5.15. The molecule has 0 spiro atoms. The molecule has 0 aromatic rings. The SMILES string of the molecule is C=C(Br)C=CCCC. The maximum atomic E-state index is 3.66. The van der Waals surface area contributed by atoms with Gasteiger partial charge in [0, 0.05) is 4.48 Å². The zero-order valence-corrected chi connectivity index (χ0v) is 6.74. The van der Waals surface area contributed by atoms with E-state index in [0.717, 1.165) is 10.9 Å². The van der Waals surface area contributed by atoms with E-state index in [-0.39, 0.29) is 0 Å². The van der Waals surface area contributed by atoms with Crippen LogP contribution in [0.1, 0.15) is 19.8 Å². The highest BCUT2D eigenvalue weighted by atomic mass is 79.9. The van der Waals surface area contributed by atoms with E-state index in [4.69, 9.17) is 0 Å². The quantitative estimate of drug-likeness (QED) is 0.577. The van der Waals surface area contributed by atoms with Crippen molar-refractivity contribution in [3.63, 3.8) is 0 Å². The van der Waals surface area contributed by atoms with E-state index in [2.05, 4.69) is 35.5 Å². The van der Waals surface area contributed by atoms with Crippen molar-refractivity contribution in [2.75, 3.05) is 0 Å². The second-order valence-corrected chi connectivity index (χ2v) is 2.66. The normalized spacial score (nSPS) is 10.2. The summed E-state index contributed by atoms with van der Waals surface area (Å²) in [6.07, 6.45) is 6.43. The maximum Gasteiger partial charge on any atom is 0.00997 e. The summed E-state index contributed by atoms with van der Waals surface area (Å²) in [5.74, 6) is 0. The van der Waals surface area contributed by atoms with Gasteiger partial charge in [-0.2, -0.15) is 0 Å². The van der Waals surface area contributed by atoms with Crippen LogP contribution in [-0.4, -0.2) is 0 Å². The Hall–Kier alpha value is -0.0400. The van der Waals surface area contributed by atoms with Crippen molar-refractivity contribution in [2.24, 2.45) is 0 Å². The third-order valence-corrected chi connectivity index (χ3v) is 1.02. The average molecular weight is 175 g/mol. The van der Waals surface area contributed by atoms with Gasteiger partial charge in [-0.05, 0) is 6.42 Å². The number of rotatable bonds is 3. The molecule has 0 fully saturated rings. The molecule has 0 aliphatic heterocycles. The highest BCUT2D eigenvalue weighted by Gasteiger charge is 1.74. The Kier molecular flexibility index (Phi) is 5.08. The summed E-state index contributed by atoms with van der Waals surface area (Å²) in [7, 11) is 0. The molecule has 0 aliphatic rings. The molecule has 0 N–H and O–H groups in total. The second kappa shape index (κ2) is 5.10. The van der Waals surface area contributed by atoms with Crippen LogP contribution in [0.3, 0.4) is 0 Å². The Morgan fingerprint density at radius 2 is 2.38 bits per heavy atom. The third kappa shape index (κ3) is 5.96. The molecule has 8 heavy (non-hydrogen) atoms. The lowest BCUT2D eigenvalue weighted by atomic mass is 10.3. The standard InChI is InChI=1S/C7H11Br/c1-3-4-5-6-7(2)8/h5-6H,2-4H2,1H3. The van der Waals surface area contributed by atoms with Gasteiger partial charge in [-0.1, -0.05) is 48.0 Å². The smallest absolute Gasteiger partial charge is 0.00997 e. The second-order valence-electron chi connectivity index (χ2n) is 1.64. The van der Waals surface area contributed by atoms with Crippen molar-refractivity contribution < 1.29 is 0 Å². The van der Waals surface area contributed by atoms with Gasteiger partial charge in [0.2, 0.25) is 0 Å². The van der Waals surface area contributed by atoms with Gasteiger partial charge in [-0.15, -0.1) is 0 Å². The van der Waals surface area contributed by atoms with Crippen molar-refractivity contribution in [3.8, 4) is 0 Å². The number of hydrogen-bond acceptors (Lipinski definition) is 0. The highest BCUT2D eigenvalue weighted by molar-refractivity contribution is 9.11. The molecule has 0 heterocycles. The Labute approximate surface area is 59.4 Å². The minimum Gasteiger partial charge on any atom is -0.0848 e. The minimum atomic E-state index is 0.950. The molecular weight excluding hydrogens is 164 g/mol. The fraction of sp³-hybridized carbons (Fsp3) is 0.429. The van der Waals surface area contributed by atoms with Gasteiger partial charge in [0.25, 0.3) is 0 Å². The topological polar surface area (TPSA) is 0 Å². The fourth-order valence-corrected chi connectivity index (χ4v) is 0.565. The lowest BCUT2D eigenvalue weighted by molar-refractivity contribution is 0.959. The predicted octanol–water partition coefficient (Wildman–Crippen LogP) is 3.25. The van der Waals surface area contributed by atoms with Crippen LogP contribution in [0.2, 0.25) is 0 Å². The number of unbranched alkanes of at least 4 members (excludes halogenated alkanes) is 1. The molecule has 0 aromatic carbocycles. The Bertz CT molecular complexity index is 92.6. The van der Waals surface area contributed by atoms with E-state index in [1.165, 1.54) is 6.42 Å². The van der Waals surface area contributed by atoms with E-state index in [1.807, 2.05) is 6.08 Å². The summed E-state index contributed by atoms with van der Waals surface area (Å²) in [4.78, 5) is 0. The Balaban J connectivity index is 3.20. The summed E-state index contributed by atoms with van der Waals surface area (Å²) in [5.41, 5.74) is 0. The van der Waals surface area contributed by atoms with Crippen LogP contribution >= 0.6 is 15.9 Å². The van der Waals surface area contributed by atoms with Crippen molar-refractivity contribution >= 4 is 15.9 Å². The van der Waals surface area contributed by atoms with E-state index in [1.54, 1.807) is 0 Å². The van der Waals surface area contributed by atoms with Gasteiger partial charge in [0.05, 0.1) is 0 Å². The lowest BCUT2D eigenvalue weighted by Gasteiger charge is -1.82. The highest BCUT2D eigenvalue weighted by Crippen LogP contribution is 2.02. The summed E-state index contributed by atoms with van der Waals surface area (Å²) < 4.78 is 0.950. The van der Waals surface area contributed by atoms with E-state index in [0.29, 0.717) is 0 Å². The van der Waals surface area contributed by atoms with Gasteiger partial charge in [0.15, 0.2) is 0 Å². The van der Waals surface area contributed by atoms with Crippen LogP contribution in [0.25, 0.3) is 0 Å². The first kappa shape index (κ1) is 7.96. The fourth-order valence-electron chi connectivity index (χ4n) is 0.378. The molecule has 46 valence electrons. The molecule has 0 saturated heterocycles. The van der Waals surface area contributed by atoms with E-state index in [9.17, 15) is 0 Å². The number of hydrogen-bond donors (Lipinski definition) is 0. The summed E-state index contributed by atoms with van der Waals surface area (Å²) in [6.45, 7) is 5.81. The average Bonchev–Trinajstić information content (AvgIpc) is 1.66. The monoisotopic (exact) mass is 174 g/mol. The first-order chi connectivity index (χ1) is 3.77. The van der Waals surface area contributed by atoms with Gasteiger partial charge in [0.1, 0.15) is 0 Å². The van der Waals surface area contributed by atoms with Crippen molar-refractivity contribution in [1.82, 2.24) is 0 Å². The Morgan fingerprint density at radius 3 is 2.75 bits per heavy atom. The first-order valence-corrected chi connectivity index (χ1v) is 3.57. The van der Waals surface area contributed by atoms with Crippen LogP contribution < -0.4 is 0 Å². The molecule has 0 radical (unpaired) electrons. The molecule has 0 unspecified atom stereocenters. The first-order valence-electron chi connectivity index (χ1n) is 2.78. The van der Waals surface area contributed by atoms with E-state index < -0.39 is 0 Å². The van der Waals surface area contributed by atoms with Gasteiger partial charge in [-0.3, -0.25) is 0 Å². The predicted molar refractivity (Wildman–Crippen MR) is 42.1 cm³/mol. The Morgan fingerprint density at radius 1 is 1.75 bits per heavy atom. The maximum absolute atomic E-state index is 3.66. The molecule has 0 nitrogen and oxygen atoms in total. The number of halogens is 1. The number of allylic oxidation sites excluding steroid dienone is 3. The van der Waals surface area contributed by atoms with Crippen LogP contribution in [0.4, 0.5) is 0 Å². The van der Waals surface area contributed by atoms with E-state index >= 15 is 0 Å².